The summed E-state index contributed by atoms with van der Waals surface area (Å²) in [6.45, 7) is 10.5. The number of likely N-dealkylation sites (tertiary alicyclic amines) is 2. The van der Waals surface area contributed by atoms with Gasteiger partial charge in [0.1, 0.15) is 6.61 Å². The summed E-state index contributed by atoms with van der Waals surface area (Å²) in [5.41, 5.74) is 2.64. The van der Waals surface area contributed by atoms with Gasteiger partial charge in [0.15, 0.2) is 0 Å². The number of nitrogens with zero attached hydrogens (tertiary/aromatic N) is 3. The SMILES string of the molecule is Cc1cc(C)c(S(=O)(=O)N2CCCCC2COCC(=O)N2CCC(N3CCCCC3)CC2)c(C)c1. The maximum atomic E-state index is 13.6. The fourth-order valence-corrected chi connectivity index (χ4v) is 8.38. The predicted molar refractivity (Wildman–Crippen MR) is 138 cm³/mol. The number of amides is 1. The minimum Gasteiger partial charge on any atom is -0.370 e. The third-order valence-corrected chi connectivity index (χ3v) is 10.3. The number of sulfonamides is 1. The van der Waals surface area contributed by atoms with E-state index in [1.165, 1.54) is 32.4 Å². The molecule has 4 rings (SSSR count). The van der Waals surface area contributed by atoms with Crippen LogP contribution >= 0.6 is 0 Å². The first-order chi connectivity index (χ1) is 16.8. The lowest BCUT2D eigenvalue weighted by Crippen LogP contribution is -2.49. The zero-order valence-corrected chi connectivity index (χ0v) is 22.6. The molecule has 0 spiro atoms. The van der Waals surface area contributed by atoms with Gasteiger partial charge in [-0.3, -0.25) is 4.79 Å². The molecule has 3 aliphatic heterocycles. The van der Waals surface area contributed by atoms with Crippen molar-refractivity contribution in [2.75, 3.05) is 45.9 Å². The van der Waals surface area contributed by atoms with E-state index in [4.69, 9.17) is 4.74 Å². The molecule has 0 aromatic heterocycles. The van der Waals surface area contributed by atoms with E-state index < -0.39 is 10.0 Å². The smallest absolute Gasteiger partial charge is 0.248 e. The summed E-state index contributed by atoms with van der Waals surface area (Å²) < 4.78 is 34.8. The van der Waals surface area contributed by atoms with Crippen LogP contribution in [0.2, 0.25) is 0 Å². The van der Waals surface area contributed by atoms with Crippen LogP contribution in [-0.2, 0) is 19.6 Å². The summed E-state index contributed by atoms with van der Waals surface area (Å²) in [5.74, 6) is 0.0255. The number of hydrogen-bond donors (Lipinski definition) is 0. The normalized spacial score (nSPS) is 23.5. The standard InChI is InChI=1S/C27H43N3O4S/c1-21-17-22(2)27(23(3)18-21)35(32,33)30-14-8-5-9-25(30)19-34-20-26(31)29-15-10-24(11-16-29)28-12-6-4-7-13-28/h17-18,24-25H,4-16,19-20H2,1-3H3. The molecule has 1 aromatic rings. The predicted octanol–water partition coefficient (Wildman–Crippen LogP) is 3.65. The Labute approximate surface area is 211 Å². The molecule has 0 radical (unpaired) electrons. The quantitative estimate of drug-likeness (QED) is 0.566. The Hall–Kier alpha value is -1.48. The third-order valence-electron chi connectivity index (χ3n) is 8.00. The van der Waals surface area contributed by atoms with Crippen molar-refractivity contribution in [3.05, 3.63) is 28.8 Å². The molecule has 3 fully saturated rings. The molecule has 1 aromatic carbocycles. The van der Waals surface area contributed by atoms with Crippen LogP contribution in [0, 0.1) is 20.8 Å². The molecule has 0 aliphatic carbocycles. The Morgan fingerprint density at radius 1 is 0.886 bits per heavy atom. The maximum Gasteiger partial charge on any atom is 0.248 e. The van der Waals surface area contributed by atoms with Gasteiger partial charge in [-0.15, -0.1) is 0 Å². The van der Waals surface area contributed by atoms with E-state index in [9.17, 15) is 13.2 Å². The van der Waals surface area contributed by atoms with Crippen molar-refractivity contribution in [3.63, 3.8) is 0 Å². The number of hydrogen-bond acceptors (Lipinski definition) is 5. The number of aryl methyl sites for hydroxylation is 3. The van der Waals surface area contributed by atoms with E-state index in [0.29, 0.717) is 17.5 Å². The molecule has 196 valence electrons. The first-order valence-corrected chi connectivity index (χ1v) is 14.9. The topological polar surface area (TPSA) is 70.2 Å². The lowest BCUT2D eigenvalue weighted by atomic mass is 10.00. The number of rotatable bonds is 7. The van der Waals surface area contributed by atoms with Crippen molar-refractivity contribution in [2.24, 2.45) is 0 Å². The maximum absolute atomic E-state index is 13.6. The minimum atomic E-state index is -3.62. The highest BCUT2D eigenvalue weighted by molar-refractivity contribution is 7.89. The fourth-order valence-electron chi connectivity index (χ4n) is 6.29. The van der Waals surface area contributed by atoms with E-state index in [1.54, 1.807) is 4.31 Å². The lowest BCUT2D eigenvalue weighted by molar-refractivity contribution is -0.138. The summed E-state index contributed by atoms with van der Waals surface area (Å²) >= 11 is 0. The van der Waals surface area contributed by atoms with Gasteiger partial charge in [-0.2, -0.15) is 4.31 Å². The van der Waals surface area contributed by atoms with Gasteiger partial charge in [0.25, 0.3) is 0 Å². The number of ether oxygens (including phenoxy) is 1. The third kappa shape index (κ3) is 6.27. The molecule has 1 amide bonds. The van der Waals surface area contributed by atoms with Crippen LogP contribution < -0.4 is 0 Å². The Kier molecular flexibility index (Phi) is 8.90. The number of carbonyl (C=O) groups excluding carboxylic acids is 1. The molecule has 3 saturated heterocycles. The van der Waals surface area contributed by atoms with Crippen molar-refractivity contribution in [1.29, 1.82) is 0 Å². The van der Waals surface area contributed by atoms with Gasteiger partial charge < -0.3 is 14.5 Å². The summed E-state index contributed by atoms with van der Waals surface area (Å²) in [5, 5.41) is 0. The van der Waals surface area contributed by atoms with Crippen molar-refractivity contribution < 1.29 is 17.9 Å². The van der Waals surface area contributed by atoms with E-state index in [-0.39, 0.29) is 25.2 Å². The number of carbonyl (C=O) groups is 1. The highest BCUT2D eigenvalue weighted by Crippen LogP contribution is 2.30. The summed E-state index contributed by atoms with van der Waals surface area (Å²) in [4.78, 5) is 17.8. The second-order valence-electron chi connectivity index (χ2n) is 10.7. The first kappa shape index (κ1) is 26.6. The first-order valence-electron chi connectivity index (χ1n) is 13.5. The molecule has 3 aliphatic rings. The van der Waals surface area contributed by atoms with Crippen molar-refractivity contribution in [3.8, 4) is 0 Å². The van der Waals surface area contributed by atoms with Crippen molar-refractivity contribution in [1.82, 2.24) is 14.1 Å². The zero-order valence-electron chi connectivity index (χ0n) is 21.8. The summed E-state index contributed by atoms with van der Waals surface area (Å²) in [6, 6.07) is 4.24. The molecule has 7 nitrogen and oxygen atoms in total. The average Bonchev–Trinajstić information content (AvgIpc) is 2.84. The van der Waals surface area contributed by atoms with Gasteiger partial charge in [-0.1, -0.05) is 30.5 Å². The summed E-state index contributed by atoms with van der Waals surface area (Å²) in [6.07, 6.45) is 8.60. The fraction of sp³-hybridized carbons (Fsp3) is 0.741. The zero-order chi connectivity index (χ0) is 25.0. The monoisotopic (exact) mass is 505 g/mol. The van der Waals surface area contributed by atoms with Gasteiger partial charge in [0, 0.05) is 31.7 Å². The lowest BCUT2D eigenvalue weighted by Gasteiger charge is -2.40. The Morgan fingerprint density at radius 2 is 1.51 bits per heavy atom. The molecular formula is C27H43N3O4S. The van der Waals surface area contributed by atoms with Crippen LogP contribution in [-0.4, -0.2) is 86.5 Å². The van der Waals surface area contributed by atoms with Crippen LogP contribution in [0.25, 0.3) is 0 Å². The van der Waals surface area contributed by atoms with E-state index in [1.807, 2.05) is 37.8 Å². The molecular weight excluding hydrogens is 462 g/mol. The van der Waals surface area contributed by atoms with Gasteiger partial charge >= 0.3 is 0 Å². The molecule has 0 saturated carbocycles. The van der Waals surface area contributed by atoms with Crippen LogP contribution in [0.4, 0.5) is 0 Å². The average molecular weight is 506 g/mol. The number of benzene rings is 1. The largest absolute Gasteiger partial charge is 0.370 e. The second kappa shape index (κ2) is 11.7. The number of piperidine rings is 3. The highest BCUT2D eigenvalue weighted by atomic mass is 32.2. The molecule has 0 bridgehead atoms. The van der Waals surface area contributed by atoms with Gasteiger partial charge in [-0.25, -0.2) is 8.42 Å². The van der Waals surface area contributed by atoms with Gasteiger partial charge in [0.05, 0.1) is 11.5 Å². The molecule has 1 atom stereocenters. The van der Waals surface area contributed by atoms with E-state index in [2.05, 4.69) is 4.90 Å². The molecule has 35 heavy (non-hydrogen) atoms. The Bertz CT molecular complexity index is 959. The highest BCUT2D eigenvalue weighted by Gasteiger charge is 2.36. The van der Waals surface area contributed by atoms with Crippen LogP contribution in [0.1, 0.15) is 68.1 Å². The van der Waals surface area contributed by atoms with E-state index in [0.717, 1.165) is 61.9 Å². The van der Waals surface area contributed by atoms with Gasteiger partial charge in [-0.05, 0) is 83.5 Å². The van der Waals surface area contributed by atoms with Crippen LogP contribution in [0.3, 0.4) is 0 Å². The second-order valence-corrected chi connectivity index (χ2v) is 12.5. The molecule has 1 unspecified atom stereocenters. The van der Waals surface area contributed by atoms with Crippen molar-refractivity contribution >= 4 is 15.9 Å². The Balaban J connectivity index is 1.30. The van der Waals surface area contributed by atoms with E-state index >= 15 is 0 Å². The minimum absolute atomic E-state index is 0.0255. The molecule has 3 heterocycles. The summed E-state index contributed by atoms with van der Waals surface area (Å²) in [7, 11) is -3.62. The van der Waals surface area contributed by atoms with Gasteiger partial charge in [0.2, 0.25) is 15.9 Å². The Morgan fingerprint density at radius 3 is 2.17 bits per heavy atom. The van der Waals surface area contributed by atoms with Crippen LogP contribution in [0.5, 0.6) is 0 Å². The van der Waals surface area contributed by atoms with Crippen molar-refractivity contribution in [2.45, 2.75) is 89.1 Å². The van der Waals surface area contributed by atoms with Crippen LogP contribution in [0.15, 0.2) is 17.0 Å². The molecule has 0 N–H and O–H groups in total. The molecule has 8 heteroatoms.